The smallest absolute Gasteiger partial charge is 0.321 e. The maximum Gasteiger partial charge on any atom is 0.321 e. The second kappa shape index (κ2) is 6.95. The number of amides is 2. The Morgan fingerprint density at radius 2 is 2.13 bits per heavy atom. The molecule has 120 valence electrons. The van der Waals surface area contributed by atoms with Crippen LogP contribution >= 0.6 is 0 Å². The molecule has 23 heavy (non-hydrogen) atoms. The highest BCUT2D eigenvalue weighted by atomic mass is 16.5. The number of rotatable bonds is 4. The van der Waals surface area contributed by atoms with Crippen LogP contribution in [0, 0.1) is 0 Å². The summed E-state index contributed by atoms with van der Waals surface area (Å²) in [6.07, 6.45) is 2.30. The monoisotopic (exact) mass is 314 g/mol. The molecule has 1 aliphatic heterocycles. The number of urea groups is 1. The summed E-state index contributed by atoms with van der Waals surface area (Å²) in [6, 6.07) is 10.6. The lowest BCUT2D eigenvalue weighted by atomic mass is 10.3. The van der Waals surface area contributed by atoms with Crippen molar-refractivity contribution in [2.24, 2.45) is 0 Å². The van der Waals surface area contributed by atoms with Gasteiger partial charge in [0, 0.05) is 30.9 Å². The third-order valence-electron chi connectivity index (χ3n) is 3.61. The van der Waals surface area contributed by atoms with E-state index in [1.807, 2.05) is 0 Å². The second-order valence-electron chi connectivity index (χ2n) is 5.20. The van der Waals surface area contributed by atoms with Crippen molar-refractivity contribution in [1.82, 2.24) is 15.1 Å². The van der Waals surface area contributed by atoms with E-state index in [9.17, 15) is 4.79 Å². The number of nitrogens with zero attached hydrogens (tertiary/aromatic N) is 3. The molecule has 1 aromatic heterocycles. The van der Waals surface area contributed by atoms with Crippen LogP contribution in [-0.4, -0.2) is 47.4 Å². The van der Waals surface area contributed by atoms with Gasteiger partial charge in [-0.15, -0.1) is 5.10 Å². The van der Waals surface area contributed by atoms with Crippen molar-refractivity contribution >= 4 is 11.7 Å². The van der Waals surface area contributed by atoms with Crippen LogP contribution < -0.4 is 14.8 Å². The van der Waals surface area contributed by atoms with Crippen molar-refractivity contribution in [1.29, 1.82) is 0 Å². The molecule has 3 rings (SSSR count). The Kier molecular flexibility index (Phi) is 4.56. The molecular weight excluding hydrogens is 296 g/mol. The maximum absolute atomic E-state index is 12.3. The van der Waals surface area contributed by atoms with Crippen molar-refractivity contribution < 1.29 is 14.3 Å². The van der Waals surface area contributed by atoms with E-state index in [1.54, 1.807) is 54.6 Å². The Labute approximate surface area is 134 Å². The summed E-state index contributed by atoms with van der Waals surface area (Å²) in [5, 5.41) is 10.5. The molecule has 0 spiro atoms. The summed E-state index contributed by atoms with van der Waals surface area (Å²) in [6.45, 7) is 1.17. The van der Waals surface area contributed by atoms with E-state index >= 15 is 0 Å². The number of hydrogen-bond donors (Lipinski definition) is 1. The molecule has 7 nitrogen and oxygen atoms in total. The van der Waals surface area contributed by atoms with Gasteiger partial charge in [0.1, 0.15) is 11.9 Å². The van der Waals surface area contributed by atoms with E-state index in [4.69, 9.17) is 9.47 Å². The number of hydrogen-bond acceptors (Lipinski definition) is 5. The van der Waals surface area contributed by atoms with Crippen LogP contribution in [0.15, 0.2) is 42.6 Å². The predicted molar refractivity (Wildman–Crippen MR) is 84.7 cm³/mol. The number of nitrogens with one attached hydrogen (secondary N) is 1. The van der Waals surface area contributed by atoms with Crippen molar-refractivity contribution in [2.75, 3.05) is 25.5 Å². The molecule has 1 atom stereocenters. The van der Waals surface area contributed by atoms with Gasteiger partial charge >= 0.3 is 6.03 Å². The van der Waals surface area contributed by atoms with Gasteiger partial charge in [0.2, 0.25) is 5.88 Å². The fraction of sp³-hybridized carbons (Fsp3) is 0.312. The molecule has 1 N–H and O–H groups in total. The van der Waals surface area contributed by atoms with Crippen molar-refractivity contribution in [3.05, 3.63) is 42.6 Å². The zero-order valence-electron chi connectivity index (χ0n) is 12.8. The summed E-state index contributed by atoms with van der Waals surface area (Å²) < 4.78 is 10.8. The highest BCUT2D eigenvalue weighted by molar-refractivity contribution is 5.89. The van der Waals surface area contributed by atoms with E-state index < -0.39 is 0 Å². The third-order valence-corrected chi connectivity index (χ3v) is 3.61. The fourth-order valence-electron chi connectivity index (χ4n) is 2.41. The molecule has 2 heterocycles. The van der Waals surface area contributed by atoms with Crippen LogP contribution in [0.25, 0.3) is 0 Å². The molecule has 1 fully saturated rings. The first kappa shape index (κ1) is 15.1. The lowest BCUT2D eigenvalue weighted by Crippen LogP contribution is -2.34. The molecule has 2 aromatic rings. The lowest BCUT2D eigenvalue weighted by molar-refractivity contribution is 0.188. The molecule has 1 unspecified atom stereocenters. The summed E-state index contributed by atoms with van der Waals surface area (Å²) >= 11 is 0. The number of carbonyl (C=O) groups excluding carboxylic acids is 1. The zero-order valence-corrected chi connectivity index (χ0v) is 12.8. The normalized spacial score (nSPS) is 16.9. The van der Waals surface area contributed by atoms with Gasteiger partial charge in [0.15, 0.2) is 0 Å². The summed E-state index contributed by atoms with van der Waals surface area (Å²) in [4.78, 5) is 14.0. The van der Waals surface area contributed by atoms with Crippen molar-refractivity contribution in [2.45, 2.75) is 12.5 Å². The number of anilines is 1. The molecule has 1 saturated heterocycles. The Morgan fingerprint density at radius 1 is 1.30 bits per heavy atom. The minimum absolute atomic E-state index is 0.0617. The number of benzene rings is 1. The first-order chi connectivity index (χ1) is 11.2. The van der Waals surface area contributed by atoms with E-state index in [0.29, 0.717) is 19.0 Å². The van der Waals surface area contributed by atoms with Crippen LogP contribution in [0.2, 0.25) is 0 Å². The van der Waals surface area contributed by atoms with Gasteiger partial charge < -0.3 is 19.7 Å². The van der Waals surface area contributed by atoms with Crippen LogP contribution in [0.5, 0.6) is 11.6 Å². The molecule has 1 aromatic carbocycles. The average Bonchev–Trinajstić information content (AvgIpc) is 3.05. The molecule has 7 heteroatoms. The number of carbonyl (C=O) groups is 1. The van der Waals surface area contributed by atoms with Gasteiger partial charge in [-0.1, -0.05) is 0 Å². The topological polar surface area (TPSA) is 76.6 Å². The molecule has 1 aliphatic rings. The lowest BCUT2D eigenvalue weighted by Gasteiger charge is -2.17. The summed E-state index contributed by atoms with van der Waals surface area (Å²) in [7, 11) is 1.61. The minimum atomic E-state index is -0.139. The second-order valence-corrected chi connectivity index (χ2v) is 5.20. The van der Waals surface area contributed by atoms with E-state index in [0.717, 1.165) is 17.9 Å². The summed E-state index contributed by atoms with van der Waals surface area (Å²) in [5.74, 6) is 1.23. The molecular formula is C16H18N4O3. The molecule has 2 amide bonds. The number of aromatic nitrogens is 2. The van der Waals surface area contributed by atoms with Gasteiger partial charge in [0.25, 0.3) is 0 Å². The van der Waals surface area contributed by atoms with Crippen molar-refractivity contribution in [3.8, 4) is 11.6 Å². The number of methoxy groups -OCH3 is 1. The average molecular weight is 314 g/mol. The first-order valence-corrected chi connectivity index (χ1v) is 7.39. The highest BCUT2D eigenvalue weighted by Crippen LogP contribution is 2.19. The van der Waals surface area contributed by atoms with Crippen molar-refractivity contribution in [3.63, 3.8) is 0 Å². The highest BCUT2D eigenvalue weighted by Gasteiger charge is 2.28. The minimum Gasteiger partial charge on any atom is -0.497 e. The van der Waals surface area contributed by atoms with E-state index in [1.165, 1.54) is 0 Å². The van der Waals surface area contributed by atoms with Gasteiger partial charge in [-0.3, -0.25) is 0 Å². The zero-order chi connectivity index (χ0) is 16.1. The van der Waals surface area contributed by atoms with Gasteiger partial charge in [-0.2, -0.15) is 5.10 Å². The van der Waals surface area contributed by atoms with Gasteiger partial charge in [-0.05, 0) is 30.3 Å². The van der Waals surface area contributed by atoms with Crippen LogP contribution in [0.4, 0.5) is 10.5 Å². The molecule has 0 aliphatic carbocycles. The quantitative estimate of drug-likeness (QED) is 0.936. The standard InChI is InChI=1S/C16H18N4O3/c1-22-13-6-4-12(5-7-13)18-16(21)20-10-8-14(11-20)23-15-3-2-9-17-19-15/h2-7,9,14H,8,10-11H2,1H3,(H,18,21). The Morgan fingerprint density at radius 3 is 2.83 bits per heavy atom. The molecule has 0 saturated carbocycles. The van der Waals surface area contributed by atoms with E-state index in [2.05, 4.69) is 15.5 Å². The maximum atomic E-state index is 12.3. The van der Waals surface area contributed by atoms with Gasteiger partial charge in [-0.25, -0.2) is 4.79 Å². The predicted octanol–water partition coefficient (Wildman–Crippen LogP) is 2.17. The van der Waals surface area contributed by atoms with E-state index in [-0.39, 0.29) is 12.1 Å². The largest absolute Gasteiger partial charge is 0.497 e. The Bertz CT molecular complexity index is 648. The Balaban J connectivity index is 1.52. The number of ether oxygens (including phenoxy) is 2. The van der Waals surface area contributed by atoms with Crippen LogP contribution in [-0.2, 0) is 0 Å². The molecule has 0 radical (unpaired) electrons. The Hall–Kier alpha value is -2.83. The van der Waals surface area contributed by atoms with Crippen LogP contribution in [0.1, 0.15) is 6.42 Å². The van der Waals surface area contributed by atoms with Crippen LogP contribution in [0.3, 0.4) is 0 Å². The third kappa shape index (κ3) is 3.88. The SMILES string of the molecule is COc1ccc(NC(=O)N2CCC(Oc3cccnn3)C2)cc1. The molecule has 0 bridgehead atoms. The summed E-state index contributed by atoms with van der Waals surface area (Å²) in [5.41, 5.74) is 0.731. The first-order valence-electron chi connectivity index (χ1n) is 7.39. The fourth-order valence-corrected chi connectivity index (χ4v) is 2.41. The van der Waals surface area contributed by atoms with Gasteiger partial charge in [0.05, 0.1) is 13.7 Å². The number of likely N-dealkylation sites (tertiary alicyclic amines) is 1.